The number of rotatable bonds is 5. The molecule has 0 saturated heterocycles. The van der Waals surface area contributed by atoms with Gasteiger partial charge in [0.25, 0.3) is 0 Å². The van der Waals surface area contributed by atoms with Crippen molar-refractivity contribution in [2.24, 2.45) is 5.41 Å². The first-order valence-electron chi connectivity index (χ1n) is 8.56. The smallest absolute Gasteiger partial charge is 0.345 e. The van der Waals surface area contributed by atoms with Crippen LogP contribution in [0.2, 0.25) is 5.02 Å². The van der Waals surface area contributed by atoms with E-state index in [-0.39, 0.29) is 31.6 Å². The lowest BCUT2D eigenvalue weighted by Gasteiger charge is -2.20. The van der Waals surface area contributed by atoms with Gasteiger partial charge in [0.1, 0.15) is 5.57 Å². The van der Waals surface area contributed by atoms with Crippen LogP contribution >= 0.6 is 11.6 Å². The molecule has 1 aliphatic rings. The molecule has 1 aromatic rings. The Balaban J connectivity index is 2.56. The van der Waals surface area contributed by atoms with E-state index in [1.165, 1.54) is 0 Å². The molecule has 1 aromatic carbocycles. The van der Waals surface area contributed by atoms with E-state index in [1.807, 2.05) is 0 Å². The van der Waals surface area contributed by atoms with E-state index < -0.39 is 23.3 Å². The van der Waals surface area contributed by atoms with Crippen LogP contribution in [-0.2, 0) is 19.1 Å². The van der Waals surface area contributed by atoms with Gasteiger partial charge in [-0.3, -0.25) is 0 Å². The zero-order valence-corrected chi connectivity index (χ0v) is 15.9. The third-order valence-corrected chi connectivity index (χ3v) is 4.77. The lowest BCUT2D eigenvalue weighted by Crippen LogP contribution is -2.21. The quantitative estimate of drug-likeness (QED) is 0.331. The molecular weight excluding hydrogens is 368 g/mol. The molecule has 0 heterocycles. The SMILES string of the molecule is CCOC(=O)C(C(=O)OCC)=C1CC(c2ccc(Cl)cc2)C(C#N)(C#N)C1. The van der Waals surface area contributed by atoms with E-state index in [2.05, 4.69) is 12.1 Å². The number of nitrogens with zero attached hydrogens (tertiary/aromatic N) is 2. The van der Waals surface area contributed by atoms with Crippen molar-refractivity contribution in [3.63, 3.8) is 0 Å². The van der Waals surface area contributed by atoms with Crippen LogP contribution in [-0.4, -0.2) is 25.2 Å². The van der Waals surface area contributed by atoms with Gasteiger partial charge in [-0.15, -0.1) is 0 Å². The van der Waals surface area contributed by atoms with Crippen molar-refractivity contribution in [1.29, 1.82) is 10.5 Å². The Hall–Kier alpha value is -2.83. The van der Waals surface area contributed by atoms with E-state index in [9.17, 15) is 20.1 Å². The van der Waals surface area contributed by atoms with Crippen LogP contribution in [0.15, 0.2) is 35.4 Å². The standard InChI is InChI=1S/C20H19ClN2O4/c1-3-26-18(24)17(19(25)27-4-2)14-9-16(20(10-14,11-22)12-23)13-5-7-15(21)8-6-13/h5-8,16H,3-4,9-10H2,1-2H3. The summed E-state index contributed by atoms with van der Waals surface area (Å²) in [6, 6.07) is 11.0. The number of hydrogen-bond acceptors (Lipinski definition) is 6. The Morgan fingerprint density at radius 1 is 1.11 bits per heavy atom. The molecule has 0 radical (unpaired) electrons. The highest BCUT2D eigenvalue weighted by molar-refractivity contribution is 6.30. The number of benzene rings is 1. The molecule has 27 heavy (non-hydrogen) atoms. The molecule has 1 unspecified atom stereocenters. The van der Waals surface area contributed by atoms with Crippen LogP contribution in [0.4, 0.5) is 0 Å². The Kier molecular flexibility index (Phi) is 6.60. The number of carbonyl (C=O) groups is 2. The summed E-state index contributed by atoms with van der Waals surface area (Å²) in [6.45, 7) is 3.45. The molecule has 0 N–H and O–H groups in total. The predicted molar refractivity (Wildman–Crippen MR) is 97.4 cm³/mol. The lowest BCUT2D eigenvalue weighted by molar-refractivity contribution is -0.146. The van der Waals surface area contributed by atoms with Gasteiger partial charge in [-0.1, -0.05) is 23.7 Å². The first-order valence-corrected chi connectivity index (χ1v) is 8.94. The minimum absolute atomic E-state index is 0.0275. The fraction of sp³-hybridized carbons (Fsp3) is 0.400. The number of hydrogen-bond donors (Lipinski definition) is 0. The summed E-state index contributed by atoms with van der Waals surface area (Å²) >= 11 is 5.93. The first-order chi connectivity index (χ1) is 12.9. The lowest BCUT2D eigenvalue weighted by atomic mass is 9.77. The molecule has 1 aliphatic carbocycles. The molecule has 0 spiro atoms. The van der Waals surface area contributed by atoms with Gasteiger partial charge in [0, 0.05) is 17.4 Å². The van der Waals surface area contributed by atoms with Crippen LogP contribution < -0.4 is 0 Å². The van der Waals surface area contributed by atoms with Gasteiger partial charge in [0.15, 0.2) is 5.41 Å². The first kappa shape index (κ1) is 20.5. The Labute approximate surface area is 162 Å². The maximum Gasteiger partial charge on any atom is 0.345 e. The average molecular weight is 387 g/mol. The second kappa shape index (κ2) is 8.70. The Morgan fingerprint density at radius 2 is 1.63 bits per heavy atom. The monoisotopic (exact) mass is 386 g/mol. The summed E-state index contributed by atoms with van der Waals surface area (Å²) in [5, 5.41) is 20.0. The summed E-state index contributed by atoms with van der Waals surface area (Å²) in [5.74, 6) is -2.10. The number of halogens is 1. The molecule has 0 amide bonds. The second-order valence-corrected chi connectivity index (χ2v) is 6.54. The summed E-state index contributed by atoms with van der Waals surface area (Å²) in [6.07, 6.45) is 0.177. The number of esters is 2. The van der Waals surface area contributed by atoms with Gasteiger partial charge in [-0.05, 0) is 43.5 Å². The van der Waals surface area contributed by atoms with Gasteiger partial charge >= 0.3 is 11.9 Å². The fourth-order valence-electron chi connectivity index (χ4n) is 3.28. The number of carbonyl (C=O) groups excluding carboxylic acids is 2. The summed E-state index contributed by atoms with van der Waals surface area (Å²) in [7, 11) is 0. The van der Waals surface area contributed by atoms with E-state index in [4.69, 9.17) is 21.1 Å². The van der Waals surface area contributed by atoms with Gasteiger partial charge in [-0.2, -0.15) is 10.5 Å². The van der Waals surface area contributed by atoms with Crippen molar-refractivity contribution in [3.8, 4) is 12.1 Å². The number of ether oxygens (including phenoxy) is 2. The largest absolute Gasteiger partial charge is 0.462 e. The normalized spacial score (nSPS) is 17.5. The maximum absolute atomic E-state index is 12.4. The summed E-state index contributed by atoms with van der Waals surface area (Å²) in [4.78, 5) is 24.7. The van der Waals surface area contributed by atoms with Gasteiger partial charge in [0.05, 0.1) is 25.4 Å². The van der Waals surface area contributed by atoms with Crippen molar-refractivity contribution in [2.75, 3.05) is 13.2 Å². The van der Waals surface area contributed by atoms with Crippen molar-refractivity contribution >= 4 is 23.5 Å². The number of nitriles is 2. The molecule has 140 valence electrons. The van der Waals surface area contributed by atoms with Gasteiger partial charge in [0.2, 0.25) is 0 Å². The van der Waals surface area contributed by atoms with Crippen LogP contribution in [0.1, 0.15) is 38.2 Å². The average Bonchev–Trinajstić information content (AvgIpc) is 3.03. The predicted octanol–water partition coefficient (Wildman–Crippen LogP) is 3.67. The third kappa shape index (κ3) is 4.13. The Bertz CT molecular complexity index is 812. The van der Waals surface area contributed by atoms with Gasteiger partial charge < -0.3 is 9.47 Å². The minimum Gasteiger partial charge on any atom is -0.462 e. The molecule has 1 fully saturated rings. The highest BCUT2D eigenvalue weighted by Gasteiger charge is 2.49. The molecule has 2 rings (SSSR count). The molecule has 0 bridgehead atoms. The van der Waals surface area contributed by atoms with Crippen LogP contribution in [0.5, 0.6) is 0 Å². The topological polar surface area (TPSA) is 100 Å². The van der Waals surface area contributed by atoms with E-state index >= 15 is 0 Å². The highest BCUT2D eigenvalue weighted by Crippen LogP contribution is 2.52. The van der Waals surface area contributed by atoms with E-state index in [1.54, 1.807) is 38.1 Å². The molecule has 1 saturated carbocycles. The summed E-state index contributed by atoms with van der Waals surface area (Å²) < 4.78 is 9.99. The zero-order chi connectivity index (χ0) is 20.0. The van der Waals surface area contributed by atoms with Crippen molar-refractivity contribution in [3.05, 3.63) is 46.0 Å². The Morgan fingerprint density at radius 3 is 2.07 bits per heavy atom. The second-order valence-electron chi connectivity index (χ2n) is 6.10. The zero-order valence-electron chi connectivity index (χ0n) is 15.1. The van der Waals surface area contributed by atoms with Gasteiger partial charge in [-0.25, -0.2) is 9.59 Å². The molecule has 7 heteroatoms. The molecule has 0 aliphatic heterocycles. The number of allylic oxidation sites excluding steroid dienone is 1. The van der Waals surface area contributed by atoms with Crippen molar-refractivity contribution < 1.29 is 19.1 Å². The highest BCUT2D eigenvalue weighted by atomic mass is 35.5. The van der Waals surface area contributed by atoms with E-state index in [0.29, 0.717) is 10.6 Å². The molecule has 1 atom stereocenters. The van der Waals surface area contributed by atoms with Crippen molar-refractivity contribution in [2.45, 2.75) is 32.6 Å². The van der Waals surface area contributed by atoms with E-state index in [0.717, 1.165) is 5.56 Å². The van der Waals surface area contributed by atoms with Crippen molar-refractivity contribution in [1.82, 2.24) is 0 Å². The van der Waals surface area contributed by atoms with Crippen LogP contribution in [0.25, 0.3) is 0 Å². The van der Waals surface area contributed by atoms with Crippen LogP contribution in [0, 0.1) is 28.1 Å². The van der Waals surface area contributed by atoms with Crippen LogP contribution in [0.3, 0.4) is 0 Å². The third-order valence-electron chi connectivity index (χ3n) is 4.52. The fourth-order valence-corrected chi connectivity index (χ4v) is 3.40. The molecular formula is C20H19ClN2O4. The maximum atomic E-state index is 12.4. The molecule has 6 nitrogen and oxygen atoms in total. The molecule has 0 aromatic heterocycles. The minimum atomic E-state index is -1.40. The summed E-state index contributed by atoms with van der Waals surface area (Å²) in [5.41, 5.74) is -0.475.